The molecule has 6 heteroatoms. The van der Waals surface area contributed by atoms with Gasteiger partial charge in [-0.25, -0.2) is 5.43 Å². The molecule has 0 aliphatic rings. The van der Waals surface area contributed by atoms with E-state index in [1.807, 2.05) is 12.1 Å². The summed E-state index contributed by atoms with van der Waals surface area (Å²) in [6, 6.07) is 10.9. The zero-order valence-corrected chi connectivity index (χ0v) is 13.8. The molecule has 1 aromatic heterocycles. The van der Waals surface area contributed by atoms with Gasteiger partial charge in [0.2, 0.25) is 0 Å². The number of amides is 2. The number of nitrogens with zero attached hydrogens (tertiary/aromatic N) is 1. The molecule has 0 fully saturated rings. The zero-order chi connectivity index (χ0) is 17.4. The van der Waals surface area contributed by atoms with Crippen molar-refractivity contribution in [3.63, 3.8) is 0 Å². The standard InChI is InChI=1S/C18H21N3O3/c1-3-4-5-14-7-9-15(10-8-14)20-17(22)18(23)21-19-12-16-11-6-13(2)24-16/h6-12H,3-5H2,1-2H3,(H,20,22)(H,21,23)/b19-12+. The Morgan fingerprint density at radius 2 is 1.88 bits per heavy atom. The summed E-state index contributed by atoms with van der Waals surface area (Å²) in [4.78, 5) is 23.5. The molecule has 1 heterocycles. The minimum Gasteiger partial charge on any atom is -0.460 e. The van der Waals surface area contributed by atoms with Crippen LogP contribution in [-0.4, -0.2) is 18.0 Å². The fraction of sp³-hybridized carbons (Fsp3) is 0.278. The van der Waals surface area contributed by atoms with Crippen LogP contribution < -0.4 is 10.7 Å². The first kappa shape index (κ1) is 17.5. The molecule has 1 aromatic carbocycles. The van der Waals surface area contributed by atoms with Crippen molar-refractivity contribution in [2.24, 2.45) is 5.10 Å². The molecule has 0 aliphatic carbocycles. The monoisotopic (exact) mass is 327 g/mol. The van der Waals surface area contributed by atoms with Gasteiger partial charge in [0.05, 0.1) is 6.21 Å². The van der Waals surface area contributed by atoms with Crippen LogP contribution in [0.15, 0.2) is 45.9 Å². The average molecular weight is 327 g/mol. The Kier molecular flexibility index (Phi) is 6.31. The third-order valence-electron chi connectivity index (χ3n) is 3.36. The van der Waals surface area contributed by atoms with E-state index in [2.05, 4.69) is 22.8 Å². The fourth-order valence-corrected chi connectivity index (χ4v) is 2.05. The molecule has 2 aromatic rings. The lowest BCUT2D eigenvalue weighted by Crippen LogP contribution is -2.32. The molecule has 2 rings (SSSR count). The minimum absolute atomic E-state index is 0.496. The number of nitrogens with one attached hydrogen (secondary N) is 2. The maximum atomic E-state index is 11.8. The van der Waals surface area contributed by atoms with Gasteiger partial charge in [-0.15, -0.1) is 0 Å². The van der Waals surface area contributed by atoms with E-state index >= 15 is 0 Å². The van der Waals surface area contributed by atoms with Gasteiger partial charge in [0.1, 0.15) is 11.5 Å². The van der Waals surface area contributed by atoms with Crippen molar-refractivity contribution >= 4 is 23.7 Å². The lowest BCUT2D eigenvalue weighted by molar-refractivity contribution is -0.136. The van der Waals surface area contributed by atoms with Crippen molar-refractivity contribution < 1.29 is 14.0 Å². The molecule has 0 atom stereocenters. The van der Waals surface area contributed by atoms with Gasteiger partial charge in [0.15, 0.2) is 0 Å². The predicted molar refractivity (Wildman–Crippen MR) is 92.9 cm³/mol. The smallest absolute Gasteiger partial charge is 0.329 e. The van der Waals surface area contributed by atoms with E-state index in [0.717, 1.165) is 25.0 Å². The average Bonchev–Trinajstić information content (AvgIpc) is 2.99. The fourth-order valence-electron chi connectivity index (χ4n) is 2.05. The first-order valence-electron chi connectivity index (χ1n) is 7.88. The summed E-state index contributed by atoms with van der Waals surface area (Å²) >= 11 is 0. The highest BCUT2D eigenvalue weighted by Crippen LogP contribution is 2.11. The maximum absolute atomic E-state index is 11.8. The molecule has 0 spiro atoms. The second-order valence-electron chi connectivity index (χ2n) is 5.40. The van der Waals surface area contributed by atoms with E-state index in [9.17, 15) is 9.59 Å². The van der Waals surface area contributed by atoms with E-state index in [-0.39, 0.29) is 0 Å². The van der Waals surface area contributed by atoms with Crippen LogP contribution in [0, 0.1) is 6.92 Å². The Morgan fingerprint density at radius 3 is 2.50 bits per heavy atom. The summed E-state index contributed by atoms with van der Waals surface area (Å²) in [5.41, 5.74) is 3.93. The van der Waals surface area contributed by atoms with E-state index in [1.54, 1.807) is 31.2 Å². The third kappa shape index (κ3) is 5.39. The van der Waals surface area contributed by atoms with E-state index in [1.165, 1.54) is 11.8 Å². The molecule has 24 heavy (non-hydrogen) atoms. The number of hydrazone groups is 1. The SMILES string of the molecule is CCCCc1ccc(NC(=O)C(=O)N/N=C/c2ccc(C)o2)cc1. The number of hydrogen-bond donors (Lipinski definition) is 2. The number of furan rings is 1. The van der Waals surface area contributed by atoms with Gasteiger partial charge in [0.25, 0.3) is 0 Å². The van der Waals surface area contributed by atoms with Crippen molar-refractivity contribution in [2.45, 2.75) is 33.1 Å². The lowest BCUT2D eigenvalue weighted by atomic mass is 10.1. The van der Waals surface area contributed by atoms with Crippen molar-refractivity contribution in [3.05, 3.63) is 53.5 Å². The summed E-state index contributed by atoms with van der Waals surface area (Å²) in [5.74, 6) is -0.382. The Hall–Kier alpha value is -2.89. The van der Waals surface area contributed by atoms with Crippen molar-refractivity contribution in [1.29, 1.82) is 0 Å². The maximum Gasteiger partial charge on any atom is 0.329 e. The number of benzene rings is 1. The molecular weight excluding hydrogens is 306 g/mol. The van der Waals surface area contributed by atoms with Crippen LogP contribution in [0.5, 0.6) is 0 Å². The predicted octanol–water partition coefficient (Wildman–Crippen LogP) is 3.02. The summed E-state index contributed by atoms with van der Waals surface area (Å²) < 4.78 is 5.26. The molecule has 6 nitrogen and oxygen atoms in total. The summed E-state index contributed by atoms with van der Waals surface area (Å²) in [7, 11) is 0. The second kappa shape index (κ2) is 8.67. The number of aryl methyl sites for hydroxylation is 2. The van der Waals surface area contributed by atoms with Gasteiger partial charge >= 0.3 is 11.8 Å². The highest BCUT2D eigenvalue weighted by atomic mass is 16.3. The first-order chi connectivity index (χ1) is 11.6. The van der Waals surface area contributed by atoms with E-state index in [4.69, 9.17) is 4.42 Å². The van der Waals surface area contributed by atoms with Crippen molar-refractivity contribution in [2.75, 3.05) is 5.32 Å². The normalized spacial score (nSPS) is 10.8. The van der Waals surface area contributed by atoms with Gasteiger partial charge in [-0.3, -0.25) is 9.59 Å². The van der Waals surface area contributed by atoms with Gasteiger partial charge in [0, 0.05) is 5.69 Å². The molecule has 2 N–H and O–H groups in total. The molecule has 126 valence electrons. The number of carbonyl (C=O) groups excluding carboxylic acids is 2. The Balaban J connectivity index is 1.82. The molecule has 2 amide bonds. The molecular formula is C18H21N3O3. The van der Waals surface area contributed by atoms with Crippen LogP contribution >= 0.6 is 0 Å². The number of hydrogen-bond acceptors (Lipinski definition) is 4. The zero-order valence-electron chi connectivity index (χ0n) is 13.8. The lowest BCUT2D eigenvalue weighted by Gasteiger charge is -2.05. The number of anilines is 1. The molecule has 0 radical (unpaired) electrons. The van der Waals surface area contributed by atoms with Gasteiger partial charge < -0.3 is 9.73 Å². The third-order valence-corrected chi connectivity index (χ3v) is 3.36. The van der Waals surface area contributed by atoms with Crippen molar-refractivity contribution in [1.82, 2.24) is 5.43 Å². The highest BCUT2D eigenvalue weighted by molar-refractivity contribution is 6.39. The summed E-state index contributed by atoms with van der Waals surface area (Å²) in [6.45, 7) is 3.94. The van der Waals surface area contributed by atoms with E-state index < -0.39 is 11.8 Å². The van der Waals surface area contributed by atoms with Crippen LogP contribution in [-0.2, 0) is 16.0 Å². The van der Waals surface area contributed by atoms with Crippen LogP contribution in [0.25, 0.3) is 0 Å². The summed E-state index contributed by atoms with van der Waals surface area (Å²) in [6.07, 6.45) is 4.60. The molecule has 0 saturated carbocycles. The van der Waals surface area contributed by atoms with Gasteiger partial charge in [-0.1, -0.05) is 25.5 Å². The number of unbranched alkanes of at least 4 members (excludes halogenated alkanes) is 1. The van der Waals surface area contributed by atoms with Crippen LogP contribution in [0.1, 0.15) is 36.8 Å². The largest absolute Gasteiger partial charge is 0.460 e. The van der Waals surface area contributed by atoms with Gasteiger partial charge in [-0.05, 0) is 49.6 Å². The first-order valence-corrected chi connectivity index (χ1v) is 7.88. The Labute approximate surface area is 140 Å². The molecule has 0 bridgehead atoms. The Bertz CT molecular complexity index is 717. The number of carbonyl (C=O) groups is 2. The Morgan fingerprint density at radius 1 is 1.12 bits per heavy atom. The molecule has 0 aliphatic heterocycles. The molecule has 0 saturated heterocycles. The van der Waals surface area contributed by atoms with Crippen molar-refractivity contribution in [3.8, 4) is 0 Å². The van der Waals surface area contributed by atoms with Crippen LogP contribution in [0.2, 0.25) is 0 Å². The second-order valence-corrected chi connectivity index (χ2v) is 5.40. The van der Waals surface area contributed by atoms with E-state index in [0.29, 0.717) is 11.4 Å². The van der Waals surface area contributed by atoms with Gasteiger partial charge in [-0.2, -0.15) is 5.10 Å². The quantitative estimate of drug-likeness (QED) is 0.486. The number of rotatable bonds is 6. The minimum atomic E-state index is -0.843. The topological polar surface area (TPSA) is 83.7 Å². The summed E-state index contributed by atoms with van der Waals surface area (Å²) in [5, 5.41) is 6.22. The highest BCUT2D eigenvalue weighted by Gasteiger charge is 2.12. The molecule has 0 unspecified atom stereocenters. The van der Waals surface area contributed by atoms with Crippen LogP contribution in [0.3, 0.4) is 0 Å². The van der Waals surface area contributed by atoms with Crippen LogP contribution in [0.4, 0.5) is 5.69 Å².